The summed E-state index contributed by atoms with van der Waals surface area (Å²) < 4.78 is 4.87. The van der Waals surface area contributed by atoms with Gasteiger partial charge in [-0.3, -0.25) is 4.40 Å². The molecule has 0 saturated carbocycles. The second-order valence-corrected chi connectivity index (χ2v) is 15.4. The van der Waals surface area contributed by atoms with Gasteiger partial charge in [0, 0.05) is 49.2 Å². The smallest absolute Gasteiger partial charge is 0.164 e. The summed E-state index contributed by atoms with van der Waals surface area (Å²) in [4.78, 5) is 20.6. The van der Waals surface area contributed by atoms with E-state index in [1.807, 2.05) is 60.7 Å². The van der Waals surface area contributed by atoms with E-state index in [0.29, 0.717) is 17.5 Å². The molecular weight excluding hydrogens is 733 g/mol. The molecule has 4 heterocycles. The van der Waals surface area contributed by atoms with Gasteiger partial charge in [0.15, 0.2) is 17.5 Å². The van der Waals surface area contributed by atoms with Crippen LogP contribution >= 0.6 is 0 Å². The molecule has 0 amide bonds. The number of imidazole rings is 1. The molecule has 0 radical (unpaired) electrons. The zero-order valence-corrected chi connectivity index (χ0v) is 32.2. The lowest BCUT2D eigenvalue weighted by molar-refractivity contribution is 1.08. The molecule has 0 saturated heterocycles. The minimum atomic E-state index is 0.631. The van der Waals surface area contributed by atoms with E-state index in [0.717, 1.165) is 72.1 Å². The molecular formula is C54H32N6. The average molecular weight is 765 g/mol. The Morgan fingerprint density at radius 3 is 1.65 bits per heavy atom. The molecule has 9 aromatic carbocycles. The predicted octanol–water partition coefficient (Wildman–Crippen LogP) is 13.3. The summed E-state index contributed by atoms with van der Waals surface area (Å²) in [6, 6.07) is 68.4. The van der Waals surface area contributed by atoms with Crippen molar-refractivity contribution in [2.24, 2.45) is 0 Å². The van der Waals surface area contributed by atoms with Gasteiger partial charge in [-0.15, -0.1) is 0 Å². The van der Waals surface area contributed by atoms with Crippen LogP contribution in [0.2, 0.25) is 0 Å². The molecule has 6 nitrogen and oxygen atoms in total. The first-order valence-corrected chi connectivity index (χ1v) is 20.2. The van der Waals surface area contributed by atoms with Gasteiger partial charge in [-0.05, 0) is 52.6 Å². The molecule has 0 bridgehead atoms. The minimum absolute atomic E-state index is 0.631. The van der Waals surface area contributed by atoms with Crippen molar-refractivity contribution in [1.82, 2.24) is 28.9 Å². The SMILES string of the molecule is c1ccc(-c2nc(-c3ccccc3)nc(-c3ccc(-n4c5cc6ccccc6c6c7ccccc7n7c(-c8ccccc8)nc8ccc4c(c65)c87)c4ccccc34)n2)cc1. The van der Waals surface area contributed by atoms with Crippen LogP contribution in [-0.4, -0.2) is 28.9 Å². The van der Waals surface area contributed by atoms with Crippen molar-refractivity contribution < 1.29 is 0 Å². The number of hydrogen-bond donors (Lipinski definition) is 0. The summed E-state index contributed by atoms with van der Waals surface area (Å²) in [7, 11) is 0. The van der Waals surface area contributed by atoms with Crippen LogP contribution < -0.4 is 0 Å². The third-order valence-corrected chi connectivity index (χ3v) is 12.1. The van der Waals surface area contributed by atoms with Crippen LogP contribution in [0.5, 0.6) is 0 Å². The molecule has 4 aromatic heterocycles. The molecule has 0 aliphatic rings. The highest BCUT2D eigenvalue weighted by atomic mass is 15.1. The Kier molecular flexibility index (Phi) is 6.91. The molecule has 6 heteroatoms. The number of fused-ring (bicyclic) bond motifs is 6. The Balaban J connectivity index is 1.15. The first-order valence-electron chi connectivity index (χ1n) is 20.2. The van der Waals surface area contributed by atoms with E-state index in [4.69, 9.17) is 19.9 Å². The Hall–Kier alpha value is -8.22. The van der Waals surface area contributed by atoms with Crippen LogP contribution in [0.25, 0.3) is 122 Å². The Labute approximate surface area is 343 Å². The molecule has 0 unspecified atom stereocenters. The van der Waals surface area contributed by atoms with E-state index in [2.05, 4.69) is 142 Å². The third kappa shape index (κ3) is 4.70. The maximum absolute atomic E-state index is 5.37. The van der Waals surface area contributed by atoms with Crippen molar-refractivity contribution in [1.29, 1.82) is 0 Å². The fraction of sp³-hybridized carbons (Fsp3) is 0. The fourth-order valence-electron chi connectivity index (χ4n) is 9.52. The maximum Gasteiger partial charge on any atom is 0.164 e. The van der Waals surface area contributed by atoms with E-state index in [9.17, 15) is 0 Å². The molecule has 0 N–H and O–H groups in total. The van der Waals surface area contributed by atoms with Gasteiger partial charge < -0.3 is 4.57 Å². The molecule has 0 aliphatic heterocycles. The summed E-state index contributed by atoms with van der Waals surface area (Å²) in [6.45, 7) is 0. The van der Waals surface area contributed by atoms with Crippen molar-refractivity contribution in [2.45, 2.75) is 0 Å². The number of benzene rings is 9. The fourth-order valence-corrected chi connectivity index (χ4v) is 9.52. The lowest BCUT2D eigenvalue weighted by atomic mass is 9.98. The van der Waals surface area contributed by atoms with Gasteiger partial charge in [0.25, 0.3) is 0 Å². The predicted molar refractivity (Wildman–Crippen MR) is 246 cm³/mol. The average Bonchev–Trinajstić information content (AvgIpc) is 3.83. The normalized spacial score (nSPS) is 12.0. The number of aromatic nitrogens is 6. The van der Waals surface area contributed by atoms with E-state index in [1.54, 1.807) is 0 Å². The summed E-state index contributed by atoms with van der Waals surface area (Å²) in [5, 5.41) is 9.43. The summed E-state index contributed by atoms with van der Waals surface area (Å²) in [6.07, 6.45) is 0. The molecule has 0 fully saturated rings. The first-order chi connectivity index (χ1) is 29.8. The lowest BCUT2D eigenvalue weighted by Gasteiger charge is -2.16. The van der Waals surface area contributed by atoms with Gasteiger partial charge in [-0.2, -0.15) is 0 Å². The molecule has 13 rings (SSSR count). The third-order valence-electron chi connectivity index (χ3n) is 12.1. The van der Waals surface area contributed by atoms with E-state index < -0.39 is 0 Å². The van der Waals surface area contributed by atoms with Gasteiger partial charge in [0.2, 0.25) is 0 Å². The van der Waals surface area contributed by atoms with Crippen LogP contribution in [-0.2, 0) is 0 Å². The van der Waals surface area contributed by atoms with Crippen LogP contribution in [0.15, 0.2) is 194 Å². The van der Waals surface area contributed by atoms with Crippen LogP contribution in [0.1, 0.15) is 0 Å². The highest BCUT2D eigenvalue weighted by Crippen LogP contribution is 2.47. The quantitative estimate of drug-likeness (QED) is 0.175. The van der Waals surface area contributed by atoms with Gasteiger partial charge in [-0.1, -0.05) is 158 Å². The second kappa shape index (κ2) is 12.6. The van der Waals surface area contributed by atoms with Crippen molar-refractivity contribution in [3.8, 4) is 51.2 Å². The van der Waals surface area contributed by atoms with Gasteiger partial charge in [-0.25, -0.2) is 19.9 Å². The maximum atomic E-state index is 5.37. The molecule has 0 aliphatic carbocycles. The first kappa shape index (κ1) is 32.8. The largest absolute Gasteiger partial charge is 0.308 e. The molecule has 0 spiro atoms. The standard InChI is InChI=1S/C54H32N6/c1-4-16-33(17-5-1)51-56-52(34-18-6-2-7-19-34)58-53(57-51)40-28-30-44(39-25-13-12-24-38(39)40)59-45-31-29-42-50-49(45)48-46(59)32-36-22-10-11-23-37(36)47(48)41-26-14-15-27-43(41)60(50)54(55-42)35-20-8-3-9-21-35/h1-32H. The second-order valence-electron chi connectivity index (χ2n) is 15.4. The van der Waals surface area contributed by atoms with E-state index >= 15 is 0 Å². The summed E-state index contributed by atoms with van der Waals surface area (Å²) >= 11 is 0. The van der Waals surface area contributed by atoms with Gasteiger partial charge in [0.1, 0.15) is 5.82 Å². The zero-order valence-electron chi connectivity index (χ0n) is 32.2. The topological polar surface area (TPSA) is 60.9 Å². The number of para-hydroxylation sites is 1. The van der Waals surface area contributed by atoms with Crippen molar-refractivity contribution in [3.63, 3.8) is 0 Å². The highest BCUT2D eigenvalue weighted by Gasteiger charge is 2.26. The van der Waals surface area contributed by atoms with Crippen molar-refractivity contribution in [2.75, 3.05) is 0 Å². The zero-order chi connectivity index (χ0) is 39.3. The van der Waals surface area contributed by atoms with Crippen molar-refractivity contribution >= 4 is 70.7 Å². The Morgan fingerprint density at radius 2 is 0.933 bits per heavy atom. The van der Waals surface area contributed by atoms with Gasteiger partial charge >= 0.3 is 0 Å². The monoisotopic (exact) mass is 764 g/mol. The Bertz CT molecular complexity index is 3760. The number of nitrogens with zero attached hydrogens (tertiary/aromatic N) is 6. The number of rotatable bonds is 5. The molecule has 60 heavy (non-hydrogen) atoms. The number of hydrogen-bond acceptors (Lipinski definition) is 4. The molecule has 13 aromatic rings. The Morgan fingerprint density at radius 1 is 0.350 bits per heavy atom. The minimum Gasteiger partial charge on any atom is -0.308 e. The van der Waals surface area contributed by atoms with E-state index in [1.165, 1.54) is 32.3 Å². The van der Waals surface area contributed by atoms with Gasteiger partial charge in [0.05, 0.1) is 33.3 Å². The molecule has 0 atom stereocenters. The lowest BCUT2D eigenvalue weighted by Crippen LogP contribution is -2.01. The summed E-state index contributed by atoms with van der Waals surface area (Å²) in [5.41, 5.74) is 10.5. The van der Waals surface area contributed by atoms with Crippen LogP contribution in [0.3, 0.4) is 0 Å². The highest BCUT2D eigenvalue weighted by molar-refractivity contribution is 6.35. The van der Waals surface area contributed by atoms with E-state index in [-0.39, 0.29) is 0 Å². The summed E-state index contributed by atoms with van der Waals surface area (Å²) in [5.74, 6) is 2.84. The van der Waals surface area contributed by atoms with Crippen LogP contribution in [0.4, 0.5) is 0 Å². The van der Waals surface area contributed by atoms with Crippen LogP contribution in [0, 0.1) is 0 Å². The molecule has 278 valence electrons. The van der Waals surface area contributed by atoms with Crippen molar-refractivity contribution in [3.05, 3.63) is 194 Å².